The Morgan fingerprint density at radius 2 is 1.73 bits per heavy atom. The van der Waals surface area contributed by atoms with Crippen molar-refractivity contribution >= 4 is 17.6 Å². The SMILES string of the molecule is C[C@]1(C(=O)N[C@H]2C[C@@H](c3ccc(C(=O)O)cc3)Nc3ccccc32)COc2cc3c(cc21)OC(F)(F)O3. The van der Waals surface area contributed by atoms with Crippen LogP contribution in [-0.2, 0) is 10.2 Å². The normalized spacial score (nSPS) is 24.3. The van der Waals surface area contributed by atoms with Crippen LogP contribution in [0.3, 0.4) is 0 Å². The number of anilines is 1. The molecule has 3 aromatic carbocycles. The van der Waals surface area contributed by atoms with Gasteiger partial charge in [0.15, 0.2) is 11.5 Å². The lowest BCUT2D eigenvalue weighted by Gasteiger charge is -2.35. The first-order chi connectivity index (χ1) is 17.6. The molecule has 0 fully saturated rings. The number of halogens is 2. The minimum Gasteiger partial charge on any atom is -0.492 e. The van der Waals surface area contributed by atoms with Crippen LogP contribution in [0.2, 0.25) is 0 Å². The summed E-state index contributed by atoms with van der Waals surface area (Å²) in [4.78, 5) is 24.9. The molecule has 3 aliphatic rings. The molecule has 10 heteroatoms. The van der Waals surface area contributed by atoms with Crippen LogP contribution < -0.4 is 24.8 Å². The number of aromatic carboxylic acids is 1. The summed E-state index contributed by atoms with van der Waals surface area (Å²) in [6, 6.07) is 16.4. The number of carbonyl (C=O) groups excluding carboxylic acids is 1. The zero-order valence-corrected chi connectivity index (χ0v) is 19.6. The molecule has 0 aromatic heterocycles. The summed E-state index contributed by atoms with van der Waals surface area (Å²) in [7, 11) is 0. The van der Waals surface area contributed by atoms with E-state index in [9.17, 15) is 23.5 Å². The van der Waals surface area contributed by atoms with E-state index in [0.717, 1.165) is 16.8 Å². The zero-order valence-electron chi connectivity index (χ0n) is 19.6. The van der Waals surface area contributed by atoms with E-state index in [1.54, 1.807) is 31.2 Å². The quantitative estimate of drug-likeness (QED) is 0.466. The first-order valence-electron chi connectivity index (χ1n) is 11.7. The van der Waals surface area contributed by atoms with E-state index in [1.807, 2.05) is 24.3 Å². The molecule has 190 valence electrons. The average molecular weight is 508 g/mol. The van der Waals surface area contributed by atoms with E-state index in [4.69, 9.17) is 4.74 Å². The van der Waals surface area contributed by atoms with Gasteiger partial charge in [0.2, 0.25) is 5.91 Å². The molecule has 6 rings (SSSR count). The number of nitrogens with one attached hydrogen (secondary N) is 2. The Kier molecular flexibility index (Phi) is 5.05. The standard InChI is InChI=1S/C27H22F2N2O6/c1-26(13-35-21-12-23-22(10-17(21)26)36-27(28,29)37-23)25(34)31-20-11-19(30-18-5-3-2-4-16(18)20)14-6-8-15(9-7-14)24(32)33/h2-10,12,19-20,30H,11,13H2,1H3,(H,31,34)(H,32,33)/t19-,20-,26-/m0/s1. The number of carboxylic acid groups (broad SMARTS) is 1. The summed E-state index contributed by atoms with van der Waals surface area (Å²) in [6.45, 7) is 1.73. The van der Waals surface area contributed by atoms with Gasteiger partial charge in [0, 0.05) is 17.3 Å². The molecule has 37 heavy (non-hydrogen) atoms. The summed E-state index contributed by atoms with van der Waals surface area (Å²) in [5, 5.41) is 15.8. The van der Waals surface area contributed by atoms with Crippen LogP contribution in [0.25, 0.3) is 0 Å². The maximum atomic E-state index is 13.7. The Hall–Kier alpha value is -4.34. The van der Waals surface area contributed by atoms with Gasteiger partial charge in [-0.05, 0) is 48.7 Å². The van der Waals surface area contributed by atoms with Crippen LogP contribution in [-0.4, -0.2) is 29.9 Å². The zero-order chi connectivity index (χ0) is 25.9. The van der Waals surface area contributed by atoms with Crippen molar-refractivity contribution in [2.24, 2.45) is 0 Å². The molecule has 3 aromatic rings. The highest BCUT2D eigenvalue weighted by atomic mass is 19.3. The Labute approximate surface area is 210 Å². The molecule has 0 aliphatic carbocycles. The van der Waals surface area contributed by atoms with Crippen molar-refractivity contribution < 1.29 is 37.7 Å². The number of hydrogen-bond acceptors (Lipinski definition) is 6. The number of carboxylic acids is 1. The number of carbonyl (C=O) groups is 2. The monoisotopic (exact) mass is 508 g/mol. The summed E-state index contributed by atoms with van der Waals surface area (Å²) in [5.41, 5.74) is 2.12. The van der Waals surface area contributed by atoms with Crippen LogP contribution in [0.15, 0.2) is 60.7 Å². The van der Waals surface area contributed by atoms with E-state index >= 15 is 0 Å². The molecular weight excluding hydrogens is 486 g/mol. The van der Waals surface area contributed by atoms with Gasteiger partial charge in [-0.15, -0.1) is 8.78 Å². The van der Waals surface area contributed by atoms with Gasteiger partial charge in [-0.25, -0.2) is 4.79 Å². The molecule has 0 spiro atoms. The molecule has 3 N–H and O–H groups in total. The Morgan fingerprint density at radius 1 is 1.03 bits per heavy atom. The van der Waals surface area contributed by atoms with E-state index in [0.29, 0.717) is 17.7 Å². The molecule has 8 nitrogen and oxygen atoms in total. The summed E-state index contributed by atoms with van der Waals surface area (Å²) in [5.74, 6) is -1.32. The van der Waals surface area contributed by atoms with Crippen LogP contribution in [0.1, 0.15) is 52.5 Å². The van der Waals surface area contributed by atoms with Gasteiger partial charge < -0.3 is 30.0 Å². The lowest BCUT2D eigenvalue weighted by atomic mass is 9.82. The third-order valence-electron chi connectivity index (χ3n) is 7.12. The van der Waals surface area contributed by atoms with Gasteiger partial charge in [-0.1, -0.05) is 30.3 Å². The topological polar surface area (TPSA) is 106 Å². The Morgan fingerprint density at radius 3 is 2.46 bits per heavy atom. The molecule has 3 aliphatic heterocycles. The van der Waals surface area contributed by atoms with Gasteiger partial charge in [0.05, 0.1) is 17.6 Å². The summed E-state index contributed by atoms with van der Waals surface area (Å²) >= 11 is 0. The molecule has 3 atom stereocenters. The highest BCUT2D eigenvalue weighted by molar-refractivity contribution is 5.91. The fourth-order valence-electron chi connectivity index (χ4n) is 5.09. The number of ether oxygens (including phenoxy) is 3. The van der Waals surface area contributed by atoms with Gasteiger partial charge in [-0.3, -0.25) is 4.79 Å². The van der Waals surface area contributed by atoms with Gasteiger partial charge in [-0.2, -0.15) is 0 Å². The lowest BCUT2D eigenvalue weighted by molar-refractivity contribution is -0.286. The maximum Gasteiger partial charge on any atom is 0.586 e. The van der Waals surface area contributed by atoms with Gasteiger partial charge in [0.1, 0.15) is 17.8 Å². The lowest BCUT2D eigenvalue weighted by Crippen LogP contribution is -2.46. The van der Waals surface area contributed by atoms with Crippen LogP contribution in [0.5, 0.6) is 17.2 Å². The molecule has 0 bridgehead atoms. The number of para-hydroxylation sites is 1. The minimum atomic E-state index is -3.77. The van der Waals surface area contributed by atoms with Crippen molar-refractivity contribution in [3.8, 4) is 17.2 Å². The fraction of sp³-hybridized carbons (Fsp3) is 0.259. The smallest absolute Gasteiger partial charge is 0.492 e. The number of alkyl halides is 2. The largest absolute Gasteiger partial charge is 0.586 e. The number of fused-ring (bicyclic) bond motifs is 3. The minimum absolute atomic E-state index is 0.0279. The third-order valence-corrected chi connectivity index (χ3v) is 7.12. The van der Waals surface area contributed by atoms with E-state index in [-0.39, 0.29) is 41.7 Å². The van der Waals surface area contributed by atoms with Crippen LogP contribution in [0, 0.1) is 0 Å². The van der Waals surface area contributed by atoms with Crippen molar-refractivity contribution in [2.75, 3.05) is 11.9 Å². The highest BCUT2D eigenvalue weighted by Crippen LogP contribution is 2.50. The number of benzene rings is 3. The number of hydrogen-bond donors (Lipinski definition) is 3. The van der Waals surface area contributed by atoms with E-state index in [2.05, 4.69) is 20.1 Å². The second-order valence-corrected chi connectivity index (χ2v) is 9.56. The predicted octanol–water partition coefficient (Wildman–Crippen LogP) is 4.77. The van der Waals surface area contributed by atoms with Crippen molar-refractivity contribution in [2.45, 2.75) is 37.1 Å². The van der Waals surface area contributed by atoms with Crippen LogP contribution in [0.4, 0.5) is 14.5 Å². The molecule has 0 unspecified atom stereocenters. The second kappa shape index (κ2) is 8.09. The van der Waals surface area contributed by atoms with Gasteiger partial charge >= 0.3 is 12.3 Å². The first kappa shape index (κ1) is 23.1. The average Bonchev–Trinajstić information content (AvgIpc) is 3.37. The third kappa shape index (κ3) is 3.89. The first-order valence-corrected chi connectivity index (χ1v) is 11.7. The number of amides is 1. The molecule has 0 saturated carbocycles. The van der Waals surface area contributed by atoms with E-state index in [1.165, 1.54) is 12.1 Å². The van der Waals surface area contributed by atoms with E-state index < -0.39 is 17.7 Å². The fourth-order valence-corrected chi connectivity index (χ4v) is 5.09. The Bertz CT molecular complexity index is 1430. The summed E-state index contributed by atoms with van der Waals surface area (Å²) in [6.07, 6.45) is -3.26. The molecule has 0 saturated heterocycles. The second-order valence-electron chi connectivity index (χ2n) is 9.56. The molecule has 0 radical (unpaired) electrons. The molecule has 3 heterocycles. The van der Waals surface area contributed by atoms with Crippen molar-refractivity contribution in [3.63, 3.8) is 0 Å². The van der Waals surface area contributed by atoms with Gasteiger partial charge in [0.25, 0.3) is 0 Å². The maximum absolute atomic E-state index is 13.7. The molecular formula is C27H22F2N2O6. The van der Waals surface area contributed by atoms with Crippen molar-refractivity contribution in [3.05, 3.63) is 82.9 Å². The van der Waals surface area contributed by atoms with Crippen molar-refractivity contribution in [1.29, 1.82) is 0 Å². The molecule has 1 amide bonds. The highest BCUT2D eigenvalue weighted by Gasteiger charge is 2.49. The van der Waals surface area contributed by atoms with Crippen LogP contribution >= 0.6 is 0 Å². The number of rotatable bonds is 4. The predicted molar refractivity (Wildman–Crippen MR) is 127 cm³/mol. The summed E-state index contributed by atoms with van der Waals surface area (Å²) < 4.78 is 41.9. The van der Waals surface area contributed by atoms with Crippen molar-refractivity contribution in [1.82, 2.24) is 5.32 Å². The Balaban J connectivity index is 1.28.